The fraction of sp³-hybridized carbons (Fsp3) is 0.587. The molecule has 13 nitrogen and oxygen atoms in total. The normalized spacial score (nSPS) is 18.3. The molecular formula is C63H96N4O9S4. The maximum atomic E-state index is 11.8. The Bertz CT molecular complexity index is 3100. The average molecular weight is 1180 g/mol. The monoisotopic (exact) mass is 1180 g/mol. The van der Waals surface area contributed by atoms with Crippen molar-refractivity contribution < 1.29 is 38.4 Å². The fourth-order valence-corrected chi connectivity index (χ4v) is 16.5. The molecule has 4 aromatic carbocycles. The lowest BCUT2D eigenvalue weighted by atomic mass is 9.87. The standard InChI is InChI=1S/C16H25NO3S.C16H25NO2S.C16H23NO2S.C15H23NO2S/c1-13-15(5-4-6-16(13)21(3,18)19)14-7-9-17(10-8-14)11-12-20-2;2*1-4-10-17-11-8-14(9-12-17)15-6-5-7-16(13(15)2)20(3,18)19;1-4-16-10-8-13(9-11-16)14-6-5-7-15(12(14)2)19(3,17)18/h4-6,14H,7-12H2,1-3H3;5-7,14H,4,8-12H2,1-3H3;4-7,14H,1,8-12H2,2-3H3;5-7,13H,4,8-11H2,1-3H3. The molecule has 0 aromatic heterocycles. The quantitative estimate of drug-likeness (QED) is 0.0977. The molecule has 0 atom stereocenters. The third kappa shape index (κ3) is 19.1. The van der Waals surface area contributed by atoms with Crippen LogP contribution in [-0.4, -0.2) is 171 Å². The Morgan fingerprint density at radius 2 is 0.700 bits per heavy atom. The van der Waals surface area contributed by atoms with E-state index in [-0.39, 0.29) is 0 Å². The first kappa shape index (κ1) is 67.0. The predicted octanol–water partition coefficient (Wildman–Crippen LogP) is 10.6. The molecule has 0 aliphatic carbocycles. The highest BCUT2D eigenvalue weighted by Crippen LogP contribution is 2.36. The molecule has 0 spiro atoms. The van der Waals surface area contributed by atoms with Crippen molar-refractivity contribution in [3.05, 3.63) is 130 Å². The number of benzene rings is 4. The number of ether oxygens (including phenoxy) is 1. The van der Waals surface area contributed by atoms with E-state index in [0.29, 0.717) is 43.3 Å². The van der Waals surface area contributed by atoms with Gasteiger partial charge < -0.3 is 19.4 Å². The topological polar surface area (TPSA) is 159 Å². The van der Waals surface area contributed by atoms with Gasteiger partial charge in [0.2, 0.25) is 0 Å². The summed E-state index contributed by atoms with van der Waals surface area (Å²) < 4.78 is 99.6. The van der Waals surface area contributed by atoms with Gasteiger partial charge in [-0.3, -0.25) is 4.90 Å². The van der Waals surface area contributed by atoms with E-state index in [9.17, 15) is 33.7 Å². The molecule has 80 heavy (non-hydrogen) atoms. The summed E-state index contributed by atoms with van der Waals surface area (Å²) in [4.78, 5) is 11.7. The molecule has 4 heterocycles. The van der Waals surface area contributed by atoms with Gasteiger partial charge in [-0.15, -0.1) is 6.58 Å². The van der Waals surface area contributed by atoms with Gasteiger partial charge >= 0.3 is 0 Å². The lowest BCUT2D eigenvalue weighted by molar-refractivity contribution is 0.130. The highest BCUT2D eigenvalue weighted by molar-refractivity contribution is 7.91. The van der Waals surface area contributed by atoms with Crippen molar-refractivity contribution in [3.8, 4) is 0 Å². The van der Waals surface area contributed by atoms with Crippen LogP contribution in [0.25, 0.3) is 0 Å². The van der Waals surface area contributed by atoms with Gasteiger partial charge in [-0.2, -0.15) is 0 Å². The summed E-state index contributed by atoms with van der Waals surface area (Å²) in [6.45, 7) is 29.6. The molecule has 4 fully saturated rings. The molecule has 0 unspecified atom stereocenters. The molecule has 4 saturated heterocycles. The van der Waals surface area contributed by atoms with Gasteiger partial charge in [0.1, 0.15) is 0 Å². The van der Waals surface area contributed by atoms with E-state index in [0.717, 1.165) is 152 Å². The summed E-state index contributed by atoms with van der Waals surface area (Å²) in [5.41, 5.74) is 8.59. The lowest BCUT2D eigenvalue weighted by Crippen LogP contribution is -2.35. The molecule has 0 N–H and O–H groups in total. The van der Waals surface area contributed by atoms with Crippen molar-refractivity contribution in [1.29, 1.82) is 0 Å². The Hall–Kier alpha value is -3.78. The number of methoxy groups -OCH3 is 1. The van der Waals surface area contributed by atoms with Crippen LogP contribution < -0.4 is 0 Å². The minimum absolute atomic E-state index is 0.463. The van der Waals surface area contributed by atoms with Gasteiger partial charge in [-0.25, -0.2) is 33.7 Å². The van der Waals surface area contributed by atoms with Crippen molar-refractivity contribution >= 4 is 39.3 Å². The number of rotatable bonds is 16. The van der Waals surface area contributed by atoms with E-state index >= 15 is 0 Å². The summed E-state index contributed by atoms with van der Waals surface area (Å²) in [6, 6.07) is 22.7. The summed E-state index contributed by atoms with van der Waals surface area (Å²) in [5.74, 6) is 1.94. The Morgan fingerprint density at radius 1 is 0.438 bits per heavy atom. The third-order valence-electron chi connectivity index (χ3n) is 17.0. The maximum Gasteiger partial charge on any atom is 0.175 e. The maximum absolute atomic E-state index is 11.8. The summed E-state index contributed by atoms with van der Waals surface area (Å²) in [6.07, 6.45) is 17.1. The highest BCUT2D eigenvalue weighted by atomic mass is 32.2. The number of nitrogens with zero attached hydrogens (tertiary/aromatic N) is 4. The van der Waals surface area contributed by atoms with Gasteiger partial charge in [-0.1, -0.05) is 68.5 Å². The molecule has 0 bridgehead atoms. The fourth-order valence-electron chi connectivity index (χ4n) is 12.5. The summed E-state index contributed by atoms with van der Waals surface area (Å²) in [5, 5.41) is 0. The van der Waals surface area contributed by atoms with E-state index in [1.54, 1.807) is 31.4 Å². The minimum atomic E-state index is -3.14. The van der Waals surface area contributed by atoms with Crippen LogP contribution in [0.2, 0.25) is 0 Å². The first-order valence-corrected chi connectivity index (χ1v) is 36.5. The highest BCUT2D eigenvalue weighted by Gasteiger charge is 2.28. The molecular weight excluding hydrogens is 1080 g/mol. The van der Waals surface area contributed by atoms with E-state index in [1.165, 1.54) is 60.2 Å². The van der Waals surface area contributed by atoms with Crippen LogP contribution in [0.15, 0.2) is 105 Å². The number of hydrogen-bond acceptors (Lipinski definition) is 13. The van der Waals surface area contributed by atoms with E-state index in [4.69, 9.17) is 4.74 Å². The van der Waals surface area contributed by atoms with E-state index in [2.05, 4.69) is 64.3 Å². The van der Waals surface area contributed by atoms with Crippen LogP contribution in [0.4, 0.5) is 0 Å². The van der Waals surface area contributed by atoms with Crippen molar-refractivity contribution in [1.82, 2.24) is 19.6 Å². The van der Waals surface area contributed by atoms with Crippen molar-refractivity contribution in [2.24, 2.45) is 0 Å². The van der Waals surface area contributed by atoms with Gasteiger partial charge in [-0.05, 0) is 243 Å². The Kier molecular flexibility index (Phi) is 25.7. The van der Waals surface area contributed by atoms with Gasteiger partial charge in [0.15, 0.2) is 39.3 Å². The first-order valence-electron chi connectivity index (χ1n) is 28.9. The molecule has 4 aromatic rings. The minimum Gasteiger partial charge on any atom is -0.383 e. The van der Waals surface area contributed by atoms with Crippen LogP contribution in [-0.2, 0) is 44.1 Å². The van der Waals surface area contributed by atoms with Crippen molar-refractivity contribution in [2.45, 2.75) is 143 Å². The van der Waals surface area contributed by atoms with Crippen LogP contribution in [0.5, 0.6) is 0 Å². The number of likely N-dealkylation sites (tertiary alicyclic amines) is 4. The molecule has 4 aliphatic rings. The van der Waals surface area contributed by atoms with Gasteiger partial charge in [0.05, 0.1) is 26.2 Å². The molecule has 4 aliphatic heterocycles. The predicted molar refractivity (Wildman–Crippen MR) is 329 cm³/mol. The Morgan fingerprint density at radius 3 is 0.938 bits per heavy atom. The zero-order valence-corrected chi connectivity index (χ0v) is 53.4. The van der Waals surface area contributed by atoms with Crippen LogP contribution in [0.1, 0.15) is 140 Å². The zero-order chi connectivity index (χ0) is 59.0. The number of piperidine rings is 4. The molecule has 17 heteroatoms. The van der Waals surface area contributed by atoms with Crippen LogP contribution >= 0.6 is 0 Å². The second kappa shape index (κ2) is 30.7. The van der Waals surface area contributed by atoms with Crippen molar-refractivity contribution in [3.63, 3.8) is 0 Å². The second-order valence-electron chi connectivity index (χ2n) is 22.8. The summed E-state index contributed by atoms with van der Waals surface area (Å²) in [7, 11) is -10.8. The third-order valence-corrected chi connectivity index (χ3v) is 22.0. The van der Waals surface area contributed by atoms with Gasteiger partial charge in [0, 0.05) is 45.2 Å². The van der Waals surface area contributed by atoms with Gasteiger partial charge in [0.25, 0.3) is 0 Å². The smallest absolute Gasteiger partial charge is 0.175 e. The lowest BCUT2D eigenvalue weighted by Gasteiger charge is -2.32. The number of sulfone groups is 4. The Balaban J connectivity index is 0.000000196. The molecule has 446 valence electrons. The average Bonchev–Trinajstić information content (AvgIpc) is 3.44. The number of hydrogen-bond donors (Lipinski definition) is 0. The zero-order valence-electron chi connectivity index (χ0n) is 50.2. The molecule has 8 rings (SSSR count). The van der Waals surface area contributed by atoms with Crippen LogP contribution in [0.3, 0.4) is 0 Å². The SMILES string of the molecule is C=CCN1CCC(c2cccc(S(C)(=O)=O)c2C)CC1.CCCN1CCC(c2cccc(S(C)(=O)=O)c2C)CC1.CCN1CCC(c2cccc(S(C)(=O)=O)c2C)CC1.COCCN1CCC(c2cccc(S(C)(=O)=O)c2C)CC1. The molecule has 0 saturated carbocycles. The summed E-state index contributed by atoms with van der Waals surface area (Å²) >= 11 is 0. The second-order valence-corrected chi connectivity index (χ2v) is 30.7. The van der Waals surface area contributed by atoms with Crippen molar-refractivity contribution in [2.75, 3.05) is 117 Å². The van der Waals surface area contributed by atoms with Crippen LogP contribution in [0, 0.1) is 27.7 Å². The Labute approximate surface area is 484 Å². The van der Waals surface area contributed by atoms with E-state index < -0.39 is 39.3 Å². The molecule has 0 radical (unpaired) electrons. The molecule has 0 amide bonds. The largest absolute Gasteiger partial charge is 0.383 e. The van der Waals surface area contributed by atoms with E-state index in [1.807, 2.05) is 58.0 Å². The first-order chi connectivity index (χ1) is 37.7.